The molecule has 0 saturated heterocycles. The van der Waals surface area contributed by atoms with Gasteiger partial charge in [-0.05, 0) is 18.8 Å². The Bertz CT molecular complexity index is 488. The van der Waals surface area contributed by atoms with Crippen molar-refractivity contribution in [2.45, 2.75) is 32.6 Å². The lowest BCUT2D eigenvalue weighted by molar-refractivity contribution is 0.0690. The summed E-state index contributed by atoms with van der Waals surface area (Å²) in [5.74, 6) is -0.243. The molecule has 104 valence electrons. The summed E-state index contributed by atoms with van der Waals surface area (Å²) >= 11 is 0. The molecular formula is C14H19NO4. The Balaban J connectivity index is 2.11. The van der Waals surface area contributed by atoms with Gasteiger partial charge < -0.3 is 14.4 Å². The lowest BCUT2D eigenvalue weighted by Gasteiger charge is -2.29. The van der Waals surface area contributed by atoms with E-state index in [1.807, 2.05) is 0 Å². The first-order valence-electron chi connectivity index (χ1n) is 6.64. The van der Waals surface area contributed by atoms with E-state index >= 15 is 0 Å². The van der Waals surface area contributed by atoms with Crippen molar-refractivity contribution in [3.8, 4) is 0 Å². The molecule has 0 aromatic carbocycles. The second-order valence-corrected chi connectivity index (χ2v) is 5.09. The monoisotopic (exact) mass is 265 g/mol. The zero-order chi connectivity index (χ0) is 14.0. The maximum absolute atomic E-state index is 12.2. The third-order valence-corrected chi connectivity index (χ3v) is 3.67. The van der Waals surface area contributed by atoms with Crippen LogP contribution in [0.2, 0.25) is 0 Å². The molecule has 1 aliphatic carbocycles. The number of carbonyl (C=O) groups is 2. The summed E-state index contributed by atoms with van der Waals surface area (Å²) in [5, 5.41) is 9.04. The van der Waals surface area contributed by atoms with Crippen molar-refractivity contribution >= 4 is 11.9 Å². The molecule has 1 heterocycles. The highest BCUT2D eigenvalue weighted by Gasteiger charge is 2.25. The van der Waals surface area contributed by atoms with Crippen LogP contribution in [0, 0.1) is 5.92 Å². The summed E-state index contributed by atoms with van der Waals surface area (Å²) in [7, 11) is 1.73. The van der Waals surface area contributed by atoms with Crippen LogP contribution >= 0.6 is 0 Å². The van der Waals surface area contributed by atoms with Crippen molar-refractivity contribution in [2.24, 2.45) is 5.92 Å². The first kappa shape index (κ1) is 13.6. The number of hydrogen-bond donors (Lipinski definition) is 1. The zero-order valence-electron chi connectivity index (χ0n) is 11.3. The molecule has 1 aromatic rings. The first-order valence-corrected chi connectivity index (χ1v) is 6.64. The van der Waals surface area contributed by atoms with Gasteiger partial charge in [-0.3, -0.25) is 4.79 Å². The van der Waals surface area contributed by atoms with Crippen molar-refractivity contribution < 1.29 is 19.1 Å². The van der Waals surface area contributed by atoms with Crippen LogP contribution in [0.5, 0.6) is 0 Å². The Morgan fingerprint density at radius 1 is 1.47 bits per heavy atom. The maximum Gasteiger partial charge on any atom is 0.339 e. The molecule has 0 unspecified atom stereocenters. The lowest BCUT2D eigenvalue weighted by Crippen LogP contribution is -2.34. The fourth-order valence-electron chi connectivity index (χ4n) is 2.31. The van der Waals surface area contributed by atoms with Crippen LogP contribution in [-0.2, 0) is 6.42 Å². The van der Waals surface area contributed by atoms with Gasteiger partial charge in [-0.15, -0.1) is 0 Å². The van der Waals surface area contributed by atoms with Crippen LogP contribution in [0.1, 0.15) is 52.9 Å². The molecule has 0 aliphatic heterocycles. The van der Waals surface area contributed by atoms with Gasteiger partial charge in [0.15, 0.2) is 5.76 Å². The van der Waals surface area contributed by atoms with E-state index in [2.05, 4.69) is 0 Å². The molecule has 0 radical (unpaired) electrons. The zero-order valence-corrected chi connectivity index (χ0v) is 11.3. The van der Waals surface area contributed by atoms with E-state index in [0.717, 1.165) is 12.8 Å². The third-order valence-electron chi connectivity index (χ3n) is 3.67. The molecule has 19 heavy (non-hydrogen) atoms. The Morgan fingerprint density at radius 2 is 2.16 bits per heavy atom. The van der Waals surface area contributed by atoms with Crippen molar-refractivity contribution in [1.82, 2.24) is 4.90 Å². The number of furan rings is 1. The quantitative estimate of drug-likeness (QED) is 0.887. The number of carboxylic acids is 1. The molecular weight excluding hydrogens is 246 g/mol. The standard InChI is InChI=1S/C14H19NO4/c1-3-11-10(14(17)18)7-12(19-11)13(16)15(2)8-9-5-4-6-9/h7,9H,3-6,8H2,1-2H3,(H,17,18). The van der Waals surface area contributed by atoms with Gasteiger partial charge in [0.05, 0.1) is 0 Å². The summed E-state index contributed by atoms with van der Waals surface area (Å²) in [5.41, 5.74) is 0.0860. The highest BCUT2D eigenvalue weighted by Crippen LogP contribution is 2.27. The van der Waals surface area contributed by atoms with E-state index in [1.54, 1.807) is 18.9 Å². The highest BCUT2D eigenvalue weighted by atomic mass is 16.4. The molecule has 1 amide bonds. The van der Waals surface area contributed by atoms with Gasteiger partial charge in [0, 0.05) is 26.1 Å². The summed E-state index contributed by atoms with van der Waals surface area (Å²) < 4.78 is 5.37. The predicted octanol–water partition coefficient (Wildman–Crippen LogP) is 2.41. The lowest BCUT2D eigenvalue weighted by atomic mass is 9.85. The normalized spacial score (nSPS) is 15.1. The van der Waals surface area contributed by atoms with Crippen LogP contribution < -0.4 is 0 Å². The largest absolute Gasteiger partial charge is 0.478 e. The molecule has 0 atom stereocenters. The minimum atomic E-state index is -1.05. The summed E-state index contributed by atoms with van der Waals surface area (Å²) in [6.45, 7) is 2.51. The number of nitrogens with zero attached hydrogens (tertiary/aromatic N) is 1. The molecule has 1 N–H and O–H groups in total. The van der Waals surface area contributed by atoms with Gasteiger partial charge in [-0.25, -0.2) is 4.79 Å². The molecule has 1 fully saturated rings. The fraction of sp³-hybridized carbons (Fsp3) is 0.571. The van der Waals surface area contributed by atoms with Crippen LogP contribution in [0.4, 0.5) is 0 Å². The van der Waals surface area contributed by atoms with E-state index in [4.69, 9.17) is 9.52 Å². The minimum absolute atomic E-state index is 0.0860. The summed E-state index contributed by atoms with van der Waals surface area (Å²) in [4.78, 5) is 24.8. The number of aryl methyl sites for hydroxylation is 1. The van der Waals surface area contributed by atoms with E-state index in [-0.39, 0.29) is 17.2 Å². The average Bonchev–Trinajstić information content (AvgIpc) is 2.76. The number of carboxylic acid groups (broad SMARTS) is 1. The van der Waals surface area contributed by atoms with Crippen molar-refractivity contribution in [3.63, 3.8) is 0 Å². The molecule has 1 aromatic heterocycles. The molecule has 2 rings (SSSR count). The number of aromatic carboxylic acids is 1. The Kier molecular flexibility index (Phi) is 3.93. The van der Waals surface area contributed by atoms with Gasteiger partial charge >= 0.3 is 5.97 Å². The van der Waals surface area contributed by atoms with Gasteiger partial charge in [-0.1, -0.05) is 13.3 Å². The predicted molar refractivity (Wildman–Crippen MR) is 69.3 cm³/mol. The Hall–Kier alpha value is -1.78. The van der Waals surface area contributed by atoms with Gasteiger partial charge in [0.1, 0.15) is 11.3 Å². The molecule has 0 bridgehead atoms. The minimum Gasteiger partial charge on any atom is -0.478 e. The van der Waals surface area contributed by atoms with E-state index in [0.29, 0.717) is 24.6 Å². The Morgan fingerprint density at radius 3 is 2.58 bits per heavy atom. The van der Waals surface area contributed by atoms with Crippen LogP contribution in [0.15, 0.2) is 10.5 Å². The van der Waals surface area contributed by atoms with E-state index in [1.165, 1.54) is 12.5 Å². The van der Waals surface area contributed by atoms with Crippen LogP contribution in [0.25, 0.3) is 0 Å². The third kappa shape index (κ3) is 2.80. The van der Waals surface area contributed by atoms with Crippen molar-refractivity contribution in [1.29, 1.82) is 0 Å². The highest BCUT2D eigenvalue weighted by molar-refractivity contribution is 5.96. The van der Waals surface area contributed by atoms with Gasteiger partial charge in [0.2, 0.25) is 0 Å². The topological polar surface area (TPSA) is 70.8 Å². The SMILES string of the molecule is CCc1oc(C(=O)N(C)CC2CCC2)cc1C(=O)O. The molecule has 1 saturated carbocycles. The second kappa shape index (κ2) is 5.47. The molecule has 5 nitrogen and oxygen atoms in total. The molecule has 0 spiro atoms. The smallest absolute Gasteiger partial charge is 0.339 e. The Labute approximate surface area is 112 Å². The van der Waals surface area contributed by atoms with Crippen LogP contribution in [0.3, 0.4) is 0 Å². The van der Waals surface area contributed by atoms with Crippen LogP contribution in [-0.4, -0.2) is 35.5 Å². The number of hydrogen-bond acceptors (Lipinski definition) is 3. The maximum atomic E-state index is 12.2. The van der Waals surface area contributed by atoms with Crippen molar-refractivity contribution in [2.75, 3.05) is 13.6 Å². The first-order chi connectivity index (χ1) is 9.02. The molecule has 1 aliphatic rings. The summed E-state index contributed by atoms with van der Waals surface area (Å²) in [6.07, 6.45) is 4.02. The van der Waals surface area contributed by atoms with E-state index < -0.39 is 5.97 Å². The van der Waals surface area contributed by atoms with Gasteiger partial charge in [-0.2, -0.15) is 0 Å². The molecule has 5 heteroatoms. The average molecular weight is 265 g/mol. The fourth-order valence-corrected chi connectivity index (χ4v) is 2.31. The number of carbonyl (C=O) groups excluding carboxylic acids is 1. The van der Waals surface area contributed by atoms with E-state index in [9.17, 15) is 9.59 Å². The van der Waals surface area contributed by atoms with Gasteiger partial charge in [0.25, 0.3) is 5.91 Å². The van der Waals surface area contributed by atoms with Crippen molar-refractivity contribution in [3.05, 3.63) is 23.2 Å². The summed E-state index contributed by atoms with van der Waals surface area (Å²) in [6, 6.07) is 1.33. The number of rotatable bonds is 5. The second-order valence-electron chi connectivity index (χ2n) is 5.09. The number of amides is 1.